The number of rotatable bonds is 6. The average molecular weight is 546 g/mol. The Morgan fingerprint density at radius 2 is 1.74 bits per heavy atom. The number of nitrogen functional groups attached to an aromatic ring is 1. The molecule has 4 aromatic rings. The number of nitrogens with two attached hydrogens (primary N) is 1. The Bertz CT molecular complexity index is 1620. The molecular formula is C30H31N3O5S. The lowest BCUT2D eigenvalue weighted by Crippen LogP contribution is -2.44. The predicted octanol–water partition coefficient (Wildman–Crippen LogP) is 5.65. The minimum absolute atomic E-state index is 0. The zero-order valence-corrected chi connectivity index (χ0v) is 22.1. The fraction of sp³-hybridized carbons (Fsp3) is 0.200. The predicted molar refractivity (Wildman–Crippen MR) is 153 cm³/mol. The van der Waals surface area contributed by atoms with Crippen molar-refractivity contribution >= 4 is 37.4 Å². The van der Waals surface area contributed by atoms with Crippen LogP contribution in [-0.4, -0.2) is 43.6 Å². The van der Waals surface area contributed by atoms with Gasteiger partial charge >= 0.3 is 6.09 Å². The van der Waals surface area contributed by atoms with Crippen molar-refractivity contribution in [2.45, 2.75) is 30.4 Å². The lowest BCUT2D eigenvalue weighted by Gasteiger charge is -2.32. The Kier molecular flexibility index (Phi) is 7.51. The molecule has 1 amide bonds. The van der Waals surface area contributed by atoms with Crippen molar-refractivity contribution < 1.29 is 24.1 Å². The van der Waals surface area contributed by atoms with Gasteiger partial charge in [-0.15, -0.1) is 0 Å². The number of piperidine rings is 1. The summed E-state index contributed by atoms with van der Waals surface area (Å²) in [5, 5.41) is 9.32. The largest absolute Gasteiger partial charge is 0.489 e. The SMILES string of the molecule is N=C(c1cc(OC2CCCN(C(=O)OCc3ccccc3)C2)ccc1N)S(=O)(=O)c1cccc2ccccc12.[HH]. The van der Waals surface area contributed by atoms with Crippen molar-refractivity contribution in [3.05, 3.63) is 102 Å². The highest BCUT2D eigenvalue weighted by atomic mass is 32.2. The highest BCUT2D eigenvalue weighted by Gasteiger charge is 2.28. The molecule has 0 aliphatic carbocycles. The van der Waals surface area contributed by atoms with Crippen LogP contribution in [0.25, 0.3) is 10.8 Å². The molecule has 8 nitrogen and oxygen atoms in total. The minimum atomic E-state index is -4.16. The first-order chi connectivity index (χ1) is 18.8. The number of carbonyl (C=O) groups excluding carboxylic acids is 1. The standard InChI is InChI=1S/C30H29N3O5S.H2/c31-27-16-15-23(38-24-12-7-17-33(19-24)30(34)37-20-21-8-2-1-3-9-21)18-26(27)29(32)39(35,36)28-14-6-11-22-10-4-5-13-25(22)28;/h1-6,8-11,13-16,18,24,32H,7,12,17,19-20,31H2;1H. The molecule has 9 heteroatoms. The van der Waals surface area contributed by atoms with E-state index < -0.39 is 21.0 Å². The first-order valence-electron chi connectivity index (χ1n) is 12.7. The number of anilines is 1. The molecule has 5 rings (SSSR count). The van der Waals surface area contributed by atoms with Crippen molar-refractivity contribution in [3.63, 3.8) is 0 Å². The fourth-order valence-corrected chi connectivity index (χ4v) is 6.11. The van der Waals surface area contributed by atoms with Gasteiger partial charge in [0.25, 0.3) is 0 Å². The molecule has 4 aromatic carbocycles. The highest BCUT2D eigenvalue weighted by Crippen LogP contribution is 2.30. The van der Waals surface area contributed by atoms with Crippen molar-refractivity contribution in [1.82, 2.24) is 4.90 Å². The summed E-state index contributed by atoms with van der Waals surface area (Å²) in [6, 6.07) is 26.2. The van der Waals surface area contributed by atoms with Crippen molar-refractivity contribution in [2.75, 3.05) is 18.8 Å². The van der Waals surface area contributed by atoms with E-state index in [1.165, 1.54) is 18.2 Å². The molecule has 3 N–H and O–H groups in total. The Balaban J connectivity index is 0.00000370. The molecule has 0 radical (unpaired) electrons. The second-order valence-electron chi connectivity index (χ2n) is 9.43. The molecular weight excluding hydrogens is 514 g/mol. The van der Waals surface area contributed by atoms with Gasteiger partial charge in [0.1, 0.15) is 18.5 Å². The molecule has 0 spiro atoms. The van der Waals surface area contributed by atoms with Gasteiger partial charge in [-0.1, -0.05) is 66.7 Å². The Morgan fingerprint density at radius 3 is 2.56 bits per heavy atom. The third-order valence-electron chi connectivity index (χ3n) is 6.72. The van der Waals surface area contributed by atoms with Gasteiger partial charge in [0.2, 0.25) is 9.84 Å². The van der Waals surface area contributed by atoms with E-state index in [0.29, 0.717) is 30.6 Å². The number of nitrogens with zero attached hydrogens (tertiary/aromatic N) is 1. The van der Waals surface area contributed by atoms with Gasteiger partial charge in [-0.25, -0.2) is 13.2 Å². The van der Waals surface area contributed by atoms with Crippen LogP contribution in [0.3, 0.4) is 0 Å². The van der Waals surface area contributed by atoms with Crippen LogP contribution in [0.4, 0.5) is 10.5 Å². The van der Waals surface area contributed by atoms with Gasteiger partial charge in [0.05, 0.1) is 11.4 Å². The van der Waals surface area contributed by atoms with E-state index in [1.54, 1.807) is 29.2 Å². The summed E-state index contributed by atoms with van der Waals surface area (Å²) in [6.07, 6.45) is 0.725. The number of benzene rings is 4. The van der Waals surface area contributed by atoms with Crippen LogP contribution >= 0.6 is 0 Å². The number of hydrogen-bond donors (Lipinski definition) is 2. The molecule has 1 atom stereocenters. The van der Waals surface area contributed by atoms with E-state index in [0.717, 1.165) is 17.4 Å². The Morgan fingerprint density at radius 1 is 1.00 bits per heavy atom. The molecule has 1 aliphatic heterocycles. The topological polar surface area (TPSA) is 123 Å². The van der Waals surface area contributed by atoms with Crippen molar-refractivity contribution in [1.29, 1.82) is 5.41 Å². The smallest absolute Gasteiger partial charge is 0.410 e. The van der Waals surface area contributed by atoms with Gasteiger partial charge < -0.3 is 20.1 Å². The van der Waals surface area contributed by atoms with Crippen LogP contribution in [0, 0.1) is 5.41 Å². The third-order valence-corrected chi connectivity index (χ3v) is 8.41. The number of fused-ring (bicyclic) bond motifs is 1. The van der Waals surface area contributed by atoms with E-state index in [-0.39, 0.29) is 30.3 Å². The zero-order chi connectivity index (χ0) is 27.4. The number of hydrogen-bond acceptors (Lipinski definition) is 7. The highest BCUT2D eigenvalue weighted by molar-refractivity contribution is 8.07. The molecule has 1 heterocycles. The summed E-state index contributed by atoms with van der Waals surface area (Å²) < 4.78 is 38.6. The second-order valence-corrected chi connectivity index (χ2v) is 11.3. The fourth-order valence-electron chi connectivity index (χ4n) is 4.69. The van der Waals surface area contributed by atoms with E-state index in [1.807, 2.05) is 48.5 Å². The first-order valence-corrected chi connectivity index (χ1v) is 14.1. The van der Waals surface area contributed by atoms with Crippen LogP contribution in [0.1, 0.15) is 25.4 Å². The van der Waals surface area contributed by atoms with Crippen molar-refractivity contribution in [2.24, 2.45) is 0 Å². The van der Waals surface area contributed by atoms with E-state index in [9.17, 15) is 13.2 Å². The number of likely N-dealkylation sites (tertiary alicyclic amines) is 1. The second kappa shape index (κ2) is 11.2. The van der Waals surface area contributed by atoms with Gasteiger partial charge in [-0.3, -0.25) is 5.41 Å². The summed E-state index contributed by atoms with van der Waals surface area (Å²) in [5.41, 5.74) is 7.26. The molecule has 1 fully saturated rings. The normalized spacial score (nSPS) is 15.6. The van der Waals surface area contributed by atoms with E-state index >= 15 is 0 Å². The molecule has 0 saturated carbocycles. The Hall–Kier alpha value is -4.37. The average Bonchev–Trinajstić information content (AvgIpc) is 2.97. The van der Waals surface area contributed by atoms with Gasteiger partial charge in [-0.2, -0.15) is 0 Å². The number of sulfone groups is 1. The van der Waals surface area contributed by atoms with Crippen LogP contribution in [0.15, 0.2) is 95.9 Å². The molecule has 1 aliphatic rings. The first kappa shape index (κ1) is 26.2. The molecule has 1 unspecified atom stereocenters. The molecule has 0 aromatic heterocycles. The zero-order valence-electron chi connectivity index (χ0n) is 21.2. The van der Waals surface area contributed by atoms with Crippen LogP contribution in [0.2, 0.25) is 0 Å². The quantitative estimate of drug-likeness (QED) is 0.183. The lowest BCUT2D eigenvalue weighted by atomic mass is 10.1. The summed E-state index contributed by atoms with van der Waals surface area (Å²) in [5.74, 6) is 0.376. The summed E-state index contributed by atoms with van der Waals surface area (Å²) in [4.78, 5) is 14.3. The maximum atomic E-state index is 13.5. The molecule has 0 bridgehead atoms. The minimum Gasteiger partial charge on any atom is -0.489 e. The van der Waals surface area contributed by atoms with Crippen LogP contribution in [-0.2, 0) is 21.2 Å². The molecule has 39 heavy (non-hydrogen) atoms. The lowest BCUT2D eigenvalue weighted by molar-refractivity contribution is 0.0552. The van der Waals surface area contributed by atoms with E-state index in [4.69, 9.17) is 20.6 Å². The maximum Gasteiger partial charge on any atom is 0.410 e. The van der Waals surface area contributed by atoms with Crippen LogP contribution in [0.5, 0.6) is 5.75 Å². The van der Waals surface area contributed by atoms with Crippen LogP contribution < -0.4 is 10.5 Å². The Labute approximate surface area is 228 Å². The van der Waals surface area contributed by atoms with Gasteiger partial charge in [0, 0.05) is 24.6 Å². The number of amides is 1. The third kappa shape index (κ3) is 5.73. The summed E-state index contributed by atoms with van der Waals surface area (Å²) in [7, 11) is -4.16. The molecule has 202 valence electrons. The van der Waals surface area contributed by atoms with Crippen molar-refractivity contribution in [3.8, 4) is 5.75 Å². The number of carbonyl (C=O) groups is 1. The number of ether oxygens (including phenoxy) is 2. The van der Waals surface area contributed by atoms with Gasteiger partial charge in [0.15, 0.2) is 5.04 Å². The number of nitrogens with one attached hydrogen (secondary N) is 1. The molecule has 1 saturated heterocycles. The monoisotopic (exact) mass is 545 g/mol. The summed E-state index contributed by atoms with van der Waals surface area (Å²) in [6.45, 7) is 1.09. The van der Waals surface area contributed by atoms with Gasteiger partial charge in [-0.05, 0) is 48.1 Å². The van der Waals surface area contributed by atoms with E-state index in [2.05, 4.69) is 0 Å². The summed E-state index contributed by atoms with van der Waals surface area (Å²) >= 11 is 0. The maximum absolute atomic E-state index is 13.5.